The van der Waals surface area contributed by atoms with Crippen LogP contribution in [0, 0.1) is 0 Å². The van der Waals surface area contributed by atoms with Crippen molar-refractivity contribution < 1.29 is 19.1 Å². The number of ether oxygens (including phenoxy) is 1. The number of Topliss-reactive ketones (excluding diaryl/α,β-unsaturated/α-hetero) is 2. The van der Waals surface area contributed by atoms with Crippen molar-refractivity contribution in [1.82, 2.24) is 0 Å². The Hall–Kier alpha value is -2.49. The van der Waals surface area contributed by atoms with Gasteiger partial charge in [-0.2, -0.15) is 0 Å². The van der Waals surface area contributed by atoms with Gasteiger partial charge in [-0.25, -0.2) is 0 Å². The minimum atomic E-state index is -0.612. The number of carbonyl (C=O) groups excluding carboxylic acids is 3. The predicted molar refractivity (Wildman–Crippen MR) is 91.8 cm³/mol. The van der Waals surface area contributed by atoms with Gasteiger partial charge in [0.15, 0.2) is 11.5 Å². The van der Waals surface area contributed by atoms with Crippen molar-refractivity contribution in [2.75, 3.05) is 0 Å². The van der Waals surface area contributed by atoms with E-state index in [1.807, 2.05) is 6.08 Å². The van der Waals surface area contributed by atoms with E-state index in [2.05, 4.69) is 6.92 Å². The van der Waals surface area contributed by atoms with Crippen LogP contribution < -0.4 is 0 Å². The lowest BCUT2D eigenvalue weighted by Crippen LogP contribution is -2.23. The molecule has 0 fully saturated rings. The van der Waals surface area contributed by atoms with E-state index in [4.69, 9.17) is 4.74 Å². The highest BCUT2D eigenvalue weighted by molar-refractivity contribution is 6.27. The number of rotatable bonds is 7. The highest BCUT2D eigenvalue weighted by atomic mass is 16.5. The molecule has 0 atom stereocenters. The van der Waals surface area contributed by atoms with Gasteiger partial charge < -0.3 is 4.74 Å². The van der Waals surface area contributed by atoms with Crippen LogP contribution in [0.2, 0.25) is 0 Å². The summed E-state index contributed by atoms with van der Waals surface area (Å²) in [6.07, 6.45) is 8.80. The summed E-state index contributed by atoms with van der Waals surface area (Å²) in [6.45, 7) is 3.37. The number of fused-ring (bicyclic) bond motifs is 1. The molecule has 0 saturated heterocycles. The van der Waals surface area contributed by atoms with E-state index in [-0.39, 0.29) is 22.7 Å². The summed E-state index contributed by atoms with van der Waals surface area (Å²) in [5.41, 5.74) is 0.785. The van der Waals surface area contributed by atoms with E-state index < -0.39 is 11.8 Å². The SMILES string of the molecule is CCCCCC/C=C/C1=C(OC(C)=O)C(=O)c2ccccc2C1=O. The molecule has 4 heteroatoms. The second-order valence-corrected chi connectivity index (χ2v) is 5.79. The molecule has 0 unspecified atom stereocenters. The van der Waals surface area contributed by atoms with Crippen LogP contribution in [0.3, 0.4) is 0 Å². The Balaban J connectivity index is 2.28. The number of hydrogen-bond acceptors (Lipinski definition) is 4. The molecule has 0 aliphatic heterocycles. The fraction of sp³-hybridized carbons (Fsp3) is 0.350. The van der Waals surface area contributed by atoms with Crippen LogP contribution in [0.4, 0.5) is 0 Å². The molecule has 126 valence electrons. The fourth-order valence-corrected chi connectivity index (χ4v) is 2.66. The van der Waals surface area contributed by atoms with Crippen LogP contribution >= 0.6 is 0 Å². The molecular formula is C20H22O4. The van der Waals surface area contributed by atoms with Gasteiger partial charge >= 0.3 is 5.97 Å². The Morgan fingerprint density at radius 1 is 1.04 bits per heavy atom. The van der Waals surface area contributed by atoms with Gasteiger partial charge in [0, 0.05) is 18.1 Å². The van der Waals surface area contributed by atoms with Crippen molar-refractivity contribution in [3.05, 3.63) is 58.9 Å². The quantitative estimate of drug-likeness (QED) is 0.550. The van der Waals surface area contributed by atoms with Crippen LogP contribution in [0.5, 0.6) is 0 Å². The summed E-state index contributed by atoms with van der Waals surface area (Å²) in [4.78, 5) is 36.6. The maximum atomic E-state index is 12.7. The van der Waals surface area contributed by atoms with Gasteiger partial charge in [-0.15, -0.1) is 0 Å². The van der Waals surface area contributed by atoms with E-state index in [0.717, 1.165) is 25.7 Å². The molecule has 24 heavy (non-hydrogen) atoms. The Morgan fingerprint density at radius 3 is 2.33 bits per heavy atom. The second kappa shape index (κ2) is 8.39. The summed E-state index contributed by atoms with van der Waals surface area (Å²) in [7, 11) is 0. The molecule has 0 aromatic heterocycles. The largest absolute Gasteiger partial charge is 0.422 e. The number of esters is 1. The molecule has 0 spiro atoms. The summed E-state index contributed by atoms with van der Waals surface area (Å²) in [5, 5.41) is 0. The molecule has 0 N–H and O–H groups in total. The van der Waals surface area contributed by atoms with Crippen molar-refractivity contribution in [1.29, 1.82) is 0 Å². The third-order valence-electron chi connectivity index (χ3n) is 3.87. The Labute approximate surface area is 142 Å². The third kappa shape index (κ3) is 4.07. The molecule has 0 heterocycles. The van der Waals surface area contributed by atoms with Crippen molar-refractivity contribution in [2.24, 2.45) is 0 Å². The predicted octanol–water partition coefficient (Wildman–Crippen LogP) is 4.41. The lowest BCUT2D eigenvalue weighted by atomic mass is 9.87. The van der Waals surface area contributed by atoms with Crippen LogP contribution in [0.1, 0.15) is 66.7 Å². The standard InChI is InChI=1S/C20H22O4/c1-3-4-5-6-7-8-13-17-18(22)15-11-9-10-12-16(15)19(23)20(17)24-14(2)21/h8-13H,3-7H2,1-2H3/b13-8+. The second-order valence-electron chi connectivity index (χ2n) is 5.79. The number of benzene rings is 1. The van der Waals surface area contributed by atoms with E-state index in [0.29, 0.717) is 5.56 Å². The lowest BCUT2D eigenvalue weighted by Gasteiger charge is -2.18. The molecular weight excluding hydrogens is 304 g/mol. The summed E-state index contributed by atoms with van der Waals surface area (Å²) < 4.78 is 5.06. The molecule has 1 aliphatic carbocycles. The Morgan fingerprint density at radius 2 is 1.71 bits per heavy atom. The van der Waals surface area contributed by atoms with Crippen LogP contribution in [-0.4, -0.2) is 17.5 Å². The minimum absolute atomic E-state index is 0.157. The zero-order valence-corrected chi connectivity index (χ0v) is 14.1. The Kier molecular flexibility index (Phi) is 6.24. The van der Waals surface area contributed by atoms with Gasteiger partial charge in [-0.3, -0.25) is 14.4 Å². The molecule has 1 aromatic rings. The number of allylic oxidation sites excluding steroid dienone is 4. The third-order valence-corrected chi connectivity index (χ3v) is 3.87. The number of ketones is 2. The van der Waals surface area contributed by atoms with Gasteiger partial charge in [-0.1, -0.05) is 62.6 Å². The van der Waals surface area contributed by atoms with Crippen molar-refractivity contribution >= 4 is 17.5 Å². The molecule has 0 radical (unpaired) electrons. The first-order valence-electron chi connectivity index (χ1n) is 8.34. The van der Waals surface area contributed by atoms with E-state index in [1.54, 1.807) is 30.3 Å². The highest BCUT2D eigenvalue weighted by Gasteiger charge is 2.32. The molecule has 4 nitrogen and oxygen atoms in total. The van der Waals surface area contributed by atoms with Crippen molar-refractivity contribution in [3.8, 4) is 0 Å². The monoisotopic (exact) mass is 326 g/mol. The molecule has 1 aromatic carbocycles. The summed E-state index contributed by atoms with van der Waals surface area (Å²) in [6, 6.07) is 6.59. The first-order valence-corrected chi connectivity index (χ1v) is 8.34. The van der Waals surface area contributed by atoms with Gasteiger partial charge in [0.1, 0.15) is 0 Å². The minimum Gasteiger partial charge on any atom is -0.422 e. The molecule has 2 rings (SSSR count). The van der Waals surface area contributed by atoms with E-state index in [1.165, 1.54) is 13.3 Å². The number of unbranched alkanes of at least 4 members (excludes halogenated alkanes) is 4. The van der Waals surface area contributed by atoms with E-state index in [9.17, 15) is 14.4 Å². The number of carbonyl (C=O) groups is 3. The van der Waals surface area contributed by atoms with Crippen molar-refractivity contribution in [2.45, 2.75) is 46.0 Å². The van der Waals surface area contributed by atoms with Crippen LogP contribution in [0.25, 0.3) is 0 Å². The zero-order valence-electron chi connectivity index (χ0n) is 14.1. The smallest absolute Gasteiger partial charge is 0.308 e. The first kappa shape index (κ1) is 17.9. The molecule has 0 bridgehead atoms. The van der Waals surface area contributed by atoms with Crippen molar-refractivity contribution in [3.63, 3.8) is 0 Å². The van der Waals surface area contributed by atoms with Crippen LogP contribution in [-0.2, 0) is 9.53 Å². The maximum Gasteiger partial charge on any atom is 0.308 e. The fourth-order valence-electron chi connectivity index (χ4n) is 2.66. The lowest BCUT2D eigenvalue weighted by molar-refractivity contribution is -0.136. The zero-order chi connectivity index (χ0) is 17.5. The normalized spacial score (nSPS) is 14.2. The maximum absolute atomic E-state index is 12.7. The average Bonchev–Trinajstić information content (AvgIpc) is 2.57. The van der Waals surface area contributed by atoms with Gasteiger partial charge in [-0.05, 0) is 12.8 Å². The Bertz CT molecular complexity index is 710. The average molecular weight is 326 g/mol. The van der Waals surface area contributed by atoms with Gasteiger partial charge in [0.25, 0.3) is 0 Å². The summed E-state index contributed by atoms with van der Waals surface area (Å²) >= 11 is 0. The molecule has 0 saturated carbocycles. The van der Waals surface area contributed by atoms with Crippen LogP contribution in [0.15, 0.2) is 47.7 Å². The first-order chi connectivity index (χ1) is 11.6. The topological polar surface area (TPSA) is 60.4 Å². The molecule has 1 aliphatic rings. The van der Waals surface area contributed by atoms with E-state index >= 15 is 0 Å². The van der Waals surface area contributed by atoms with Gasteiger partial charge in [0.05, 0.1) is 5.57 Å². The summed E-state index contributed by atoms with van der Waals surface area (Å²) in [5.74, 6) is -1.49. The van der Waals surface area contributed by atoms with Gasteiger partial charge in [0.2, 0.25) is 5.78 Å². The number of hydrogen-bond donors (Lipinski definition) is 0. The molecule has 0 amide bonds. The highest BCUT2D eigenvalue weighted by Crippen LogP contribution is 2.28.